The Morgan fingerprint density at radius 1 is 1.04 bits per heavy atom. The summed E-state index contributed by atoms with van der Waals surface area (Å²) >= 11 is 0. The fraction of sp³-hybridized carbons (Fsp3) is 0.350. The molecule has 0 aromatic heterocycles. The maximum Gasteiger partial charge on any atom is 0.338 e. The molecule has 1 saturated heterocycles. The zero-order chi connectivity index (χ0) is 17.5. The van der Waals surface area contributed by atoms with Gasteiger partial charge in [0.1, 0.15) is 19.3 Å². The van der Waals surface area contributed by atoms with Crippen LogP contribution in [-0.2, 0) is 4.74 Å². The number of nitrogens with one attached hydrogen (secondary N) is 1. The molecule has 1 atom stereocenters. The SMILES string of the molecule is O=C(OC[C@H](O)C[NH+]1CCN(c2ccccc2)CC1)c1ccccc1. The van der Waals surface area contributed by atoms with E-state index >= 15 is 0 Å². The fourth-order valence-corrected chi connectivity index (χ4v) is 3.15. The van der Waals surface area contributed by atoms with E-state index < -0.39 is 6.10 Å². The van der Waals surface area contributed by atoms with E-state index in [4.69, 9.17) is 4.74 Å². The van der Waals surface area contributed by atoms with Gasteiger partial charge < -0.3 is 19.6 Å². The number of benzene rings is 2. The second-order valence-electron chi connectivity index (χ2n) is 6.40. The maximum absolute atomic E-state index is 11.9. The Kier molecular flexibility index (Phi) is 6.04. The molecular formula is C20H25N2O3+. The minimum absolute atomic E-state index is 0.0413. The molecule has 1 aliphatic heterocycles. The number of anilines is 1. The van der Waals surface area contributed by atoms with Crippen LogP contribution >= 0.6 is 0 Å². The second-order valence-corrected chi connectivity index (χ2v) is 6.40. The summed E-state index contributed by atoms with van der Waals surface area (Å²) in [6, 6.07) is 19.3. The van der Waals surface area contributed by atoms with Crippen LogP contribution in [0.4, 0.5) is 5.69 Å². The van der Waals surface area contributed by atoms with E-state index in [2.05, 4.69) is 29.2 Å². The molecule has 25 heavy (non-hydrogen) atoms. The molecule has 1 aliphatic rings. The number of piperazine rings is 1. The van der Waals surface area contributed by atoms with Crippen LogP contribution in [0.1, 0.15) is 10.4 Å². The highest BCUT2D eigenvalue weighted by atomic mass is 16.5. The number of esters is 1. The molecule has 5 nitrogen and oxygen atoms in total. The van der Waals surface area contributed by atoms with Crippen LogP contribution in [0, 0.1) is 0 Å². The van der Waals surface area contributed by atoms with Crippen molar-refractivity contribution in [3.63, 3.8) is 0 Å². The minimum atomic E-state index is -0.633. The molecule has 0 spiro atoms. The number of quaternary nitrogens is 1. The number of nitrogens with zero attached hydrogens (tertiary/aromatic N) is 1. The number of carbonyl (C=O) groups excluding carboxylic acids is 1. The summed E-state index contributed by atoms with van der Waals surface area (Å²) in [6.45, 7) is 4.52. The van der Waals surface area contributed by atoms with Gasteiger partial charge >= 0.3 is 5.97 Å². The van der Waals surface area contributed by atoms with Crippen LogP contribution in [0.25, 0.3) is 0 Å². The van der Waals surface area contributed by atoms with Gasteiger partial charge in [-0.3, -0.25) is 0 Å². The molecule has 1 fully saturated rings. The van der Waals surface area contributed by atoms with Crippen molar-refractivity contribution in [1.82, 2.24) is 0 Å². The number of rotatable bonds is 6. The topological polar surface area (TPSA) is 54.2 Å². The van der Waals surface area contributed by atoms with Crippen LogP contribution in [0.2, 0.25) is 0 Å². The van der Waals surface area contributed by atoms with Crippen molar-refractivity contribution in [3.05, 3.63) is 66.2 Å². The first kappa shape index (κ1) is 17.5. The van der Waals surface area contributed by atoms with Gasteiger partial charge in [0.2, 0.25) is 0 Å². The lowest BCUT2D eigenvalue weighted by atomic mass is 10.2. The third-order valence-corrected chi connectivity index (χ3v) is 4.53. The summed E-state index contributed by atoms with van der Waals surface area (Å²) in [7, 11) is 0. The van der Waals surface area contributed by atoms with Crippen molar-refractivity contribution in [2.75, 3.05) is 44.2 Å². The lowest BCUT2D eigenvalue weighted by Gasteiger charge is -2.34. The normalized spacial score (nSPS) is 16.4. The first-order valence-electron chi connectivity index (χ1n) is 8.76. The Hall–Kier alpha value is -2.37. The minimum Gasteiger partial charge on any atom is -0.459 e. The molecule has 2 aromatic carbocycles. The highest BCUT2D eigenvalue weighted by Crippen LogP contribution is 2.12. The second kappa shape index (κ2) is 8.65. The first-order valence-corrected chi connectivity index (χ1v) is 8.76. The van der Waals surface area contributed by atoms with E-state index in [1.807, 2.05) is 12.1 Å². The van der Waals surface area contributed by atoms with Crippen LogP contribution in [-0.4, -0.2) is 56.5 Å². The largest absolute Gasteiger partial charge is 0.459 e. The number of hydrogen-bond acceptors (Lipinski definition) is 4. The Balaban J connectivity index is 1.39. The van der Waals surface area contributed by atoms with Gasteiger partial charge in [-0.25, -0.2) is 4.79 Å². The molecule has 132 valence electrons. The monoisotopic (exact) mass is 341 g/mol. The summed E-state index contributed by atoms with van der Waals surface area (Å²) in [5.74, 6) is -0.386. The molecular weight excluding hydrogens is 316 g/mol. The van der Waals surface area contributed by atoms with Crippen molar-refractivity contribution in [1.29, 1.82) is 0 Å². The van der Waals surface area contributed by atoms with Crippen LogP contribution in [0.15, 0.2) is 60.7 Å². The van der Waals surface area contributed by atoms with Crippen LogP contribution in [0.3, 0.4) is 0 Å². The zero-order valence-electron chi connectivity index (χ0n) is 14.3. The summed E-state index contributed by atoms with van der Waals surface area (Å²) in [6.07, 6.45) is -0.633. The predicted molar refractivity (Wildman–Crippen MR) is 97.0 cm³/mol. The highest BCUT2D eigenvalue weighted by molar-refractivity contribution is 5.89. The van der Waals surface area contributed by atoms with E-state index in [1.165, 1.54) is 10.6 Å². The van der Waals surface area contributed by atoms with Crippen LogP contribution in [0.5, 0.6) is 0 Å². The van der Waals surface area contributed by atoms with Gasteiger partial charge in [-0.1, -0.05) is 36.4 Å². The lowest BCUT2D eigenvalue weighted by molar-refractivity contribution is -0.903. The van der Waals surface area contributed by atoms with E-state index in [1.54, 1.807) is 24.3 Å². The summed E-state index contributed by atoms with van der Waals surface area (Å²) in [4.78, 5) is 15.6. The van der Waals surface area contributed by atoms with Crippen molar-refractivity contribution in [3.8, 4) is 0 Å². The van der Waals surface area contributed by atoms with E-state index in [-0.39, 0.29) is 12.6 Å². The molecule has 5 heteroatoms. The molecule has 2 aromatic rings. The van der Waals surface area contributed by atoms with E-state index in [9.17, 15) is 9.90 Å². The molecule has 3 rings (SSSR count). The average molecular weight is 341 g/mol. The fourth-order valence-electron chi connectivity index (χ4n) is 3.15. The zero-order valence-corrected chi connectivity index (χ0v) is 14.3. The standard InChI is InChI=1S/C20H24N2O3/c23-19(16-25-20(24)17-7-3-1-4-8-17)15-21-11-13-22(14-12-21)18-9-5-2-6-10-18/h1-10,19,23H,11-16H2/p+1/t19-/m1/s1. The van der Waals surface area contributed by atoms with Crippen molar-refractivity contribution < 1.29 is 19.5 Å². The Morgan fingerprint density at radius 3 is 2.28 bits per heavy atom. The van der Waals surface area contributed by atoms with Gasteiger partial charge in [-0.2, -0.15) is 0 Å². The number of ether oxygens (including phenoxy) is 1. The quantitative estimate of drug-likeness (QED) is 0.756. The van der Waals surface area contributed by atoms with Gasteiger partial charge in [0.15, 0.2) is 0 Å². The molecule has 0 aliphatic carbocycles. The maximum atomic E-state index is 11.9. The molecule has 0 radical (unpaired) electrons. The molecule has 2 N–H and O–H groups in total. The molecule has 0 bridgehead atoms. The van der Waals surface area contributed by atoms with Gasteiger partial charge in [0, 0.05) is 5.69 Å². The van der Waals surface area contributed by atoms with Gasteiger partial charge in [0.25, 0.3) is 0 Å². The lowest BCUT2D eigenvalue weighted by Crippen LogP contribution is -3.16. The van der Waals surface area contributed by atoms with Crippen molar-refractivity contribution >= 4 is 11.7 Å². The summed E-state index contributed by atoms with van der Waals surface area (Å²) < 4.78 is 5.21. The van der Waals surface area contributed by atoms with Gasteiger partial charge in [-0.05, 0) is 24.3 Å². The third-order valence-electron chi connectivity index (χ3n) is 4.53. The van der Waals surface area contributed by atoms with Crippen molar-refractivity contribution in [2.45, 2.75) is 6.10 Å². The van der Waals surface area contributed by atoms with Crippen molar-refractivity contribution in [2.24, 2.45) is 0 Å². The number of aliphatic hydroxyl groups is 1. The van der Waals surface area contributed by atoms with Gasteiger partial charge in [0.05, 0.1) is 31.7 Å². The van der Waals surface area contributed by atoms with E-state index in [0.29, 0.717) is 12.1 Å². The van der Waals surface area contributed by atoms with E-state index in [0.717, 1.165) is 26.2 Å². The third kappa shape index (κ3) is 5.05. The first-order chi connectivity index (χ1) is 12.2. The van der Waals surface area contributed by atoms with Gasteiger partial charge in [-0.15, -0.1) is 0 Å². The average Bonchev–Trinajstić information content (AvgIpc) is 2.68. The number of hydrogen-bond donors (Lipinski definition) is 2. The predicted octanol–water partition coefficient (Wildman–Crippen LogP) is 0.609. The Bertz CT molecular complexity index is 655. The Labute approximate surface area is 148 Å². The number of aliphatic hydroxyl groups excluding tert-OH is 1. The number of para-hydroxylation sites is 1. The smallest absolute Gasteiger partial charge is 0.338 e. The number of carbonyl (C=O) groups is 1. The summed E-state index contributed by atoms with van der Waals surface area (Å²) in [5, 5.41) is 10.2. The molecule has 0 unspecified atom stereocenters. The molecule has 1 heterocycles. The molecule has 0 saturated carbocycles. The molecule has 0 amide bonds. The highest BCUT2D eigenvalue weighted by Gasteiger charge is 2.23. The van der Waals surface area contributed by atoms with Crippen LogP contribution < -0.4 is 9.80 Å². The summed E-state index contributed by atoms with van der Waals surface area (Å²) in [5.41, 5.74) is 1.76. The Morgan fingerprint density at radius 2 is 1.64 bits per heavy atom.